The van der Waals surface area contributed by atoms with Crippen LogP contribution in [-0.4, -0.2) is 12.2 Å². The first-order valence-electron chi connectivity index (χ1n) is 6.22. The Kier molecular flexibility index (Phi) is 5.09. The van der Waals surface area contributed by atoms with Gasteiger partial charge in [0.2, 0.25) is 0 Å². The molecule has 20 heavy (non-hydrogen) atoms. The van der Waals surface area contributed by atoms with Gasteiger partial charge in [0.15, 0.2) is 0 Å². The number of aryl methyl sites for hydroxylation is 2. The van der Waals surface area contributed by atoms with Crippen LogP contribution in [0.5, 0.6) is 5.75 Å². The first-order valence-corrected chi connectivity index (χ1v) is 8.09. The molecule has 0 saturated heterocycles. The van der Waals surface area contributed by atoms with Crippen molar-refractivity contribution in [2.45, 2.75) is 20.0 Å². The highest BCUT2D eigenvalue weighted by atomic mass is 127. The molecule has 2 rings (SSSR count). The Morgan fingerprint density at radius 1 is 1.15 bits per heavy atom. The molecule has 0 aliphatic rings. The summed E-state index contributed by atoms with van der Waals surface area (Å²) in [4.78, 5) is 0. The molecule has 0 aliphatic carbocycles. The van der Waals surface area contributed by atoms with Crippen molar-refractivity contribution in [3.8, 4) is 5.75 Å². The molecule has 1 unspecified atom stereocenters. The quantitative estimate of drug-likeness (QED) is 0.688. The van der Waals surface area contributed by atoms with E-state index >= 15 is 0 Å². The first kappa shape index (κ1) is 15.8. The molecule has 0 aliphatic heterocycles. The summed E-state index contributed by atoms with van der Waals surface area (Å²) in [5.41, 5.74) is 3.86. The van der Waals surface area contributed by atoms with Crippen LogP contribution in [0.3, 0.4) is 0 Å². The van der Waals surface area contributed by atoms with Crippen LogP contribution in [0.1, 0.15) is 28.4 Å². The van der Waals surface area contributed by atoms with Crippen molar-refractivity contribution in [3.63, 3.8) is 0 Å². The van der Waals surface area contributed by atoms with Gasteiger partial charge < -0.3 is 9.84 Å². The highest BCUT2D eigenvalue weighted by molar-refractivity contribution is 14.1. The van der Waals surface area contributed by atoms with Crippen molar-refractivity contribution >= 4 is 38.5 Å². The van der Waals surface area contributed by atoms with E-state index in [1.807, 2.05) is 44.2 Å². The molecule has 106 valence electrons. The second-order valence-electron chi connectivity index (χ2n) is 4.76. The molecule has 0 saturated carbocycles. The Bertz CT molecular complexity index is 617. The number of hydrogen-bond donors (Lipinski definition) is 1. The molecule has 0 spiro atoms. The molecule has 1 atom stereocenters. The summed E-state index contributed by atoms with van der Waals surface area (Å²) in [6.07, 6.45) is -0.636. The minimum Gasteiger partial charge on any atom is -0.496 e. The zero-order valence-electron chi connectivity index (χ0n) is 11.6. The van der Waals surface area contributed by atoms with Gasteiger partial charge >= 0.3 is 0 Å². The van der Waals surface area contributed by atoms with Gasteiger partial charge in [-0.1, -0.05) is 15.9 Å². The van der Waals surface area contributed by atoms with Gasteiger partial charge in [0, 0.05) is 8.04 Å². The van der Waals surface area contributed by atoms with E-state index < -0.39 is 6.10 Å². The summed E-state index contributed by atoms with van der Waals surface area (Å²) in [5.74, 6) is 0.880. The number of methoxy groups -OCH3 is 1. The van der Waals surface area contributed by atoms with Crippen LogP contribution in [0, 0.1) is 17.4 Å². The Morgan fingerprint density at radius 3 is 2.30 bits per heavy atom. The minimum absolute atomic E-state index is 0.636. The van der Waals surface area contributed by atoms with Gasteiger partial charge in [0.05, 0.1) is 7.11 Å². The number of benzene rings is 2. The molecule has 0 aromatic heterocycles. The third-order valence-corrected chi connectivity index (χ3v) is 4.73. The predicted molar refractivity (Wildman–Crippen MR) is 93.4 cm³/mol. The Hall–Kier alpha value is -0.590. The van der Waals surface area contributed by atoms with Crippen LogP contribution in [0.4, 0.5) is 0 Å². The van der Waals surface area contributed by atoms with Crippen molar-refractivity contribution in [1.82, 2.24) is 0 Å². The molecule has 0 fully saturated rings. The predicted octanol–water partition coefficient (Wildman–Crippen LogP) is 4.76. The Labute approximate surface area is 141 Å². The summed E-state index contributed by atoms with van der Waals surface area (Å²) in [5, 5.41) is 10.6. The highest BCUT2D eigenvalue weighted by Gasteiger charge is 2.16. The Balaban J connectivity index is 2.48. The third-order valence-electron chi connectivity index (χ3n) is 3.26. The Morgan fingerprint density at radius 2 is 1.75 bits per heavy atom. The molecular weight excluding hydrogens is 431 g/mol. The van der Waals surface area contributed by atoms with Crippen molar-refractivity contribution in [1.29, 1.82) is 0 Å². The van der Waals surface area contributed by atoms with Gasteiger partial charge in [0.1, 0.15) is 11.9 Å². The molecule has 2 aromatic carbocycles. The van der Waals surface area contributed by atoms with E-state index in [0.29, 0.717) is 0 Å². The second kappa shape index (κ2) is 6.45. The first-order chi connectivity index (χ1) is 9.43. The van der Waals surface area contributed by atoms with Crippen LogP contribution in [-0.2, 0) is 0 Å². The second-order valence-corrected chi connectivity index (χ2v) is 6.83. The largest absolute Gasteiger partial charge is 0.496 e. The molecule has 4 heteroatoms. The van der Waals surface area contributed by atoms with Gasteiger partial charge in [0.25, 0.3) is 0 Å². The van der Waals surface area contributed by atoms with E-state index in [2.05, 4.69) is 38.5 Å². The van der Waals surface area contributed by atoms with E-state index in [1.54, 1.807) is 7.11 Å². The zero-order valence-corrected chi connectivity index (χ0v) is 15.3. The van der Waals surface area contributed by atoms with Crippen molar-refractivity contribution in [2.24, 2.45) is 0 Å². The van der Waals surface area contributed by atoms with E-state index in [9.17, 15) is 5.11 Å². The average molecular weight is 447 g/mol. The van der Waals surface area contributed by atoms with E-state index in [-0.39, 0.29) is 0 Å². The summed E-state index contributed by atoms with van der Waals surface area (Å²) in [7, 11) is 1.67. The van der Waals surface area contributed by atoms with Crippen molar-refractivity contribution < 1.29 is 9.84 Å². The van der Waals surface area contributed by atoms with E-state index in [4.69, 9.17) is 4.74 Å². The fraction of sp³-hybridized carbons (Fsp3) is 0.250. The molecule has 0 bridgehead atoms. The lowest BCUT2D eigenvalue weighted by atomic mass is 9.97. The van der Waals surface area contributed by atoms with Crippen LogP contribution >= 0.6 is 38.5 Å². The number of halogens is 2. The van der Waals surface area contributed by atoms with E-state index in [0.717, 1.165) is 36.0 Å². The number of hydrogen-bond acceptors (Lipinski definition) is 2. The summed E-state index contributed by atoms with van der Waals surface area (Å²) in [6, 6.07) is 9.89. The standard InChI is InChI=1S/C16H16BrIO2/c1-9-6-11(7-10(2)16(9)20-3)15(19)13-8-12(17)4-5-14(13)18/h4-8,15,19H,1-3H3. The zero-order chi connectivity index (χ0) is 14.9. The van der Waals surface area contributed by atoms with Crippen LogP contribution in [0.15, 0.2) is 34.8 Å². The number of rotatable bonds is 3. The maximum atomic E-state index is 10.6. The minimum atomic E-state index is -0.636. The molecule has 0 amide bonds. The molecule has 2 nitrogen and oxygen atoms in total. The van der Waals surface area contributed by atoms with Crippen molar-refractivity contribution in [3.05, 3.63) is 60.6 Å². The highest BCUT2D eigenvalue weighted by Crippen LogP contribution is 2.32. The van der Waals surface area contributed by atoms with Gasteiger partial charge in [-0.05, 0) is 89.0 Å². The lowest BCUT2D eigenvalue weighted by Gasteiger charge is -2.17. The molecule has 2 aromatic rings. The fourth-order valence-corrected chi connectivity index (χ4v) is 3.38. The van der Waals surface area contributed by atoms with E-state index in [1.165, 1.54) is 0 Å². The molecule has 0 heterocycles. The summed E-state index contributed by atoms with van der Waals surface area (Å²) in [6.45, 7) is 3.99. The maximum Gasteiger partial charge on any atom is 0.124 e. The van der Waals surface area contributed by atoms with Crippen LogP contribution in [0.25, 0.3) is 0 Å². The number of ether oxygens (including phenoxy) is 1. The lowest BCUT2D eigenvalue weighted by Crippen LogP contribution is -2.04. The van der Waals surface area contributed by atoms with Crippen molar-refractivity contribution in [2.75, 3.05) is 7.11 Å². The van der Waals surface area contributed by atoms with Gasteiger partial charge in [-0.25, -0.2) is 0 Å². The monoisotopic (exact) mass is 446 g/mol. The molecular formula is C16H16BrIO2. The topological polar surface area (TPSA) is 29.5 Å². The SMILES string of the molecule is COc1c(C)cc(C(O)c2cc(Br)ccc2I)cc1C. The smallest absolute Gasteiger partial charge is 0.124 e. The lowest BCUT2D eigenvalue weighted by molar-refractivity contribution is 0.219. The maximum absolute atomic E-state index is 10.6. The van der Waals surface area contributed by atoms with Gasteiger partial charge in [-0.15, -0.1) is 0 Å². The van der Waals surface area contributed by atoms with Gasteiger partial charge in [-0.3, -0.25) is 0 Å². The number of aliphatic hydroxyl groups is 1. The van der Waals surface area contributed by atoms with Gasteiger partial charge in [-0.2, -0.15) is 0 Å². The van der Waals surface area contributed by atoms with Crippen LogP contribution < -0.4 is 4.74 Å². The molecule has 1 N–H and O–H groups in total. The molecule has 0 radical (unpaired) electrons. The average Bonchev–Trinajstić information content (AvgIpc) is 2.40. The normalized spacial score (nSPS) is 12.3. The third kappa shape index (κ3) is 3.18. The fourth-order valence-electron chi connectivity index (χ4n) is 2.37. The summed E-state index contributed by atoms with van der Waals surface area (Å²) >= 11 is 5.70. The van der Waals surface area contributed by atoms with Crippen LogP contribution in [0.2, 0.25) is 0 Å². The number of aliphatic hydroxyl groups excluding tert-OH is 1. The summed E-state index contributed by atoms with van der Waals surface area (Å²) < 4.78 is 7.38.